The Morgan fingerprint density at radius 2 is 2.00 bits per heavy atom. The summed E-state index contributed by atoms with van der Waals surface area (Å²) in [7, 11) is 3.15. The predicted molar refractivity (Wildman–Crippen MR) is 71.5 cm³/mol. The number of methoxy groups -OCH3 is 2. The molecule has 0 spiro atoms. The zero-order valence-corrected chi connectivity index (χ0v) is 11.7. The molecular weight excluding hydrogens is 284 g/mol. The first kappa shape index (κ1) is 14.0. The number of hydrogen-bond donors (Lipinski definition) is 0. The molecule has 4 heteroatoms. The monoisotopic (exact) mass is 300 g/mol. The van der Waals surface area contributed by atoms with Gasteiger partial charge in [-0.25, -0.2) is 0 Å². The molecule has 0 saturated carbocycles. The van der Waals surface area contributed by atoms with Gasteiger partial charge in [0, 0.05) is 17.8 Å². The maximum atomic E-state index is 12.0. The van der Waals surface area contributed by atoms with Gasteiger partial charge in [0.1, 0.15) is 11.5 Å². The number of ketones is 1. The van der Waals surface area contributed by atoms with E-state index in [9.17, 15) is 4.79 Å². The summed E-state index contributed by atoms with van der Waals surface area (Å²) >= 11 is 3.35. The molecule has 17 heavy (non-hydrogen) atoms. The number of alkyl halides is 1. The first-order chi connectivity index (χ1) is 8.22. The smallest absolute Gasteiger partial charge is 0.166 e. The third kappa shape index (κ3) is 4.04. The SMILES string of the molecule is COc1ccc(C(=O)CCCCBr)c(OC)c1. The van der Waals surface area contributed by atoms with Crippen LogP contribution in [0.3, 0.4) is 0 Å². The molecule has 0 aliphatic heterocycles. The Morgan fingerprint density at radius 3 is 2.59 bits per heavy atom. The highest BCUT2D eigenvalue weighted by atomic mass is 79.9. The molecule has 0 aromatic heterocycles. The van der Waals surface area contributed by atoms with E-state index in [-0.39, 0.29) is 5.78 Å². The van der Waals surface area contributed by atoms with Gasteiger partial charge in [-0.05, 0) is 25.0 Å². The van der Waals surface area contributed by atoms with Gasteiger partial charge in [-0.15, -0.1) is 0 Å². The first-order valence-electron chi connectivity index (χ1n) is 5.54. The summed E-state index contributed by atoms with van der Waals surface area (Å²) in [5.41, 5.74) is 0.628. The van der Waals surface area contributed by atoms with Crippen LogP contribution in [0.2, 0.25) is 0 Å². The van der Waals surface area contributed by atoms with E-state index >= 15 is 0 Å². The van der Waals surface area contributed by atoms with Crippen LogP contribution in [0.5, 0.6) is 11.5 Å². The second kappa shape index (κ2) is 7.33. The summed E-state index contributed by atoms with van der Waals surface area (Å²) in [4.78, 5) is 12.0. The van der Waals surface area contributed by atoms with E-state index < -0.39 is 0 Å². The Bertz CT molecular complexity index is 377. The third-order valence-electron chi connectivity index (χ3n) is 2.50. The average Bonchev–Trinajstić information content (AvgIpc) is 2.38. The molecule has 0 aliphatic rings. The van der Waals surface area contributed by atoms with Gasteiger partial charge in [-0.2, -0.15) is 0 Å². The van der Waals surface area contributed by atoms with Gasteiger partial charge in [0.25, 0.3) is 0 Å². The average molecular weight is 301 g/mol. The molecule has 0 N–H and O–H groups in total. The zero-order chi connectivity index (χ0) is 12.7. The first-order valence-corrected chi connectivity index (χ1v) is 6.66. The lowest BCUT2D eigenvalue weighted by Gasteiger charge is -2.09. The fourth-order valence-electron chi connectivity index (χ4n) is 1.54. The summed E-state index contributed by atoms with van der Waals surface area (Å²) in [5.74, 6) is 1.39. The summed E-state index contributed by atoms with van der Waals surface area (Å²) in [5, 5.41) is 0.931. The molecule has 3 nitrogen and oxygen atoms in total. The number of halogens is 1. The minimum atomic E-state index is 0.116. The Hall–Kier alpha value is -1.03. The van der Waals surface area contributed by atoms with Gasteiger partial charge >= 0.3 is 0 Å². The second-order valence-corrected chi connectivity index (χ2v) is 4.43. The number of Topliss-reactive ketones (excluding diaryl/α,β-unsaturated/α-hetero) is 1. The molecule has 1 aromatic carbocycles. The summed E-state index contributed by atoms with van der Waals surface area (Å²) < 4.78 is 10.3. The number of carbonyl (C=O) groups is 1. The van der Waals surface area contributed by atoms with Gasteiger partial charge in [0.2, 0.25) is 0 Å². The van der Waals surface area contributed by atoms with E-state index in [2.05, 4.69) is 15.9 Å². The molecule has 0 atom stereocenters. The van der Waals surface area contributed by atoms with Crippen LogP contribution < -0.4 is 9.47 Å². The number of ether oxygens (including phenoxy) is 2. The van der Waals surface area contributed by atoms with Crippen LogP contribution in [-0.2, 0) is 0 Å². The second-order valence-electron chi connectivity index (χ2n) is 3.64. The maximum absolute atomic E-state index is 12.0. The molecule has 0 unspecified atom stereocenters. The zero-order valence-electron chi connectivity index (χ0n) is 10.2. The van der Waals surface area contributed by atoms with E-state index in [0.717, 1.165) is 18.2 Å². The molecule has 0 heterocycles. The van der Waals surface area contributed by atoms with E-state index in [1.165, 1.54) is 0 Å². The largest absolute Gasteiger partial charge is 0.497 e. The molecule has 0 aliphatic carbocycles. The lowest BCUT2D eigenvalue weighted by atomic mass is 10.0. The maximum Gasteiger partial charge on any atom is 0.166 e. The van der Waals surface area contributed by atoms with Gasteiger partial charge in [0.05, 0.1) is 19.8 Å². The highest BCUT2D eigenvalue weighted by molar-refractivity contribution is 9.09. The van der Waals surface area contributed by atoms with Crippen molar-refractivity contribution in [3.8, 4) is 11.5 Å². The van der Waals surface area contributed by atoms with Crippen molar-refractivity contribution in [3.05, 3.63) is 23.8 Å². The lowest BCUT2D eigenvalue weighted by molar-refractivity contribution is 0.0977. The molecule has 0 saturated heterocycles. The van der Waals surface area contributed by atoms with Crippen LogP contribution in [0.4, 0.5) is 0 Å². The normalized spacial score (nSPS) is 10.1. The van der Waals surface area contributed by atoms with Crippen molar-refractivity contribution in [3.63, 3.8) is 0 Å². The molecule has 0 bridgehead atoms. The Labute approximate surface area is 110 Å². The Kier molecular flexibility index (Phi) is 6.05. The van der Waals surface area contributed by atoms with Crippen molar-refractivity contribution in [2.75, 3.05) is 19.5 Å². The molecule has 0 fully saturated rings. The van der Waals surface area contributed by atoms with Crippen LogP contribution in [0, 0.1) is 0 Å². The third-order valence-corrected chi connectivity index (χ3v) is 3.06. The fraction of sp³-hybridized carbons (Fsp3) is 0.462. The minimum Gasteiger partial charge on any atom is -0.497 e. The molecule has 0 amide bonds. The van der Waals surface area contributed by atoms with Crippen molar-refractivity contribution in [1.82, 2.24) is 0 Å². The van der Waals surface area contributed by atoms with Crippen molar-refractivity contribution in [1.29, 1.82) is 0 Å². The lowest BCUT2D eigenvalue weighted by Crippen LogP contribution is -2.02. The number of rotatable bonds is 7. The van der Waals surface area contributed by atoms with Crippen molar-refractivity contribution in [2.45, 2.75) is 19.3 Å². The number of unbranched alkanes of at least 4 members (excludes halogenated alkanes) is 1. The van der Waals surface area contributed by atoms with E-state index in [1.807, 2.05) is 0 Å². The molecule has 0 radical (unpaired) electrons. The van der Waals surface area contributed by atoms with Gasteiger partial charge in [-0.3, -0.25) is 4.79 Å². The minimum absolute atomic E-state index is 0.116. The van der Waals surface area contributed by atoms with Crippen LogP contribution in [0.1, 0.15) is 29.6 Å². The fourth-order valence-corrected chi connectivity index (χ4v) is 1.94. The molecule has 1 rings (SSSR count). The van der Waals surface area contributed by atoms with Crippen molar-refractivity contribution < 1.29 is 14.3 Å². The van der Waals surface area contributed by atoms with E-state index in [0.29, 0.717) is 23.5 Å². The highest BCUT2D eigenvalue weighted by Gasteiger charge is 2.12. The Balaban J connectivity index is 2.78. The number of benzene rings is 1. The van der Waals surface area contributed by atoms with E-state index in [1.54, 1.807) is 32.4 Å². The van der Waals surface area contributed by atoms with E-state index in [4.69, 9.17) is 9.47 Å². The molecule has 94 valence electrons. The van der Waals surface area contributed by atoms with Crippen LogP contribution >= 0.6 is 15.9 Å². The topological polar surface area (TPSA) is 35.5 Å². The summed E-state index contributed by atoms with van der Waals surface area (Å²) in [6, 6.07) is 5.27. The molecular formula is C13H17BrO3. The van der Waals surface area contributed by atoms with Crippen LogP contribution in [0.25, 0.3) is 0 Å². The standard InChI is InChI=1S/C13H17BrO3/c1-16-10-6-7-11(13(9-10)17-2)12(15)5-3-4-8-14/h6-7,9H,3-5,8H2,1-2H3. The van der Waals surface area contributed by atoms with Crippen molar-refractivity contribution >= 4 is 21.7 Å². The van der Waals surface area contributed by atoms with Gasteiger partial charge in [0.15, 0.2) is 5.78 Å². The number of carbonyl (C=O) groups excluding carboxylic acids is 1. The van der Waals surface area contributed by atoms with Crippen molar-refractivity contribution in [2.24, 2.45) is 0 Å². The summed E-state index contributed by atoms with van der Waals surface area (Å²) in [6.45, 7) is 0. The summed E-state index contributed by atoms with van der Waals surface area (Å²) in [6.07, 6.45) is 2.44. The molecule has 1 aromatic rings. The van der Waals surface area contributed by atoms with Gasteiger partial charge < -0.3 is 9.47 Å². The predicted octanol–water partition coefficient (Wildman–Crippen LogP) is 3.45. The van der Waals surface area contributed by atoms with Gasteiger partial charge in [-0.1, -0.05) is 15.9 Å². The quantitative estimate of drug-likeness (QED) is 0.439. The van der Waals surface area contributed by atoms with Crippen LogP contribution in [-0.4, -0.2) is 25.3 Å². The number of hydrogen-bond acceptors (Lipinski definition) is 3. The Morgan fingerprint density at radius 1 is 1.24 bits per heavy atom. The highest BCUT2D eigenvalue weighted by Crippen LogP contribution is 2.26. The van der Waals surface area contributed by atoms with Crippen LogP contribution in [0.15, 0.2) is 18.2 Å².